The van der Waals surface area contributed by atoms with Crippen molar-refractivity contribution in [1.82, 2.24) is 5.32 Å². The molecule has 0 saturated carbocycles. The number of nitrogens with two attached hydrogens (primary N) is 1. The highest BCUT2D eigenvalue weighted by Gasteiger charge is 2.29. The van der Waals surface area contributed by atoms with Crippen LogP contribution in [0.15, 0.2) is 24.3 Å². The molecular weight excluding hydrogens is 274 g/mol. The van der Waals surface area contributed by atoms with Crippen LogP contribution in [0, 0.1) is 0 Å². The summed E-state index contributed by atoms with van der Waals surface area (Å²) in [5.41, 5.74) is 6.89. The quantitative estimate of drug-likeness (QED) is 0.581. The first-order chi connectivity index (χ1) is 9.97. The predicted octanol–water partition coefficient (Wildman–Crippen LogP) is -0.142. The number of nitrogens with one attached hydrogen (secondary N) is 2. The number of amides is 2. The smallest absolute Gasteiger partial charge is 0.326 e. The van der Waals surface area contributed by atoms with Crippen LogP contribution in [0.4, 0.5) is 5.69 Å². The second kappa shape index (κ2) is 6.25. The summed E-state index contributed by atoms with van der Waals surface area (Å²) in [5.74, 6) is -2.18. The monoisotopic (exact) mass is 291 g/mol. The second-order valence-electron chi connectivity index (χ2n) is 4.96. The molecule has 112 valence electrons. The maximum atomic E-state index is 12.1. The largest absolute Gasteiger partial charge is 0.480 e. The molecule has 0 spiro atoms. The van der Waals surface area contributed by atoms with Crippen molar-refractivity contribution in [3.05, 3.63) is 29.8 Å². The van der Waals surface area contributed by atoms with Gasteiger partial charge in [-0.1, -0.05) is 18.2 Å². The van der Waals surface area contributed by atoms with Crippen molar-refractivity contribution in [2.75, 3.05) is 5.32 Å². The van der Waals surface area contributed by atoms with Crippen molar-refractivity contribution >= 4 is 23.5 Å². The van der Waals surface area contributed by atoms with Crippen LogP contribution < -0.4 is 16.4 Å². The molecule has 7 heteroatoms. The zero-order chi connectivity index (χ0) is 15.4. The molecule has 1 heterocycles. The van der Waals surface area contributed by atoms with E-state index in [1.807, 2.05) is 24.3 Å². The number of hydrogen-bond donors (Lipinski definition) is 4. The van der Waals surface area contributed by atoms with Gasteiger partial charge in [0.25, 0.3) is 0 Å². The van der Waals surface area contributed by atoms with E-state index < -0.39 is 29.9 Å². The number of carbonyl (C=O) groups excluding carboxylic acids is 2. The number of hydrogen-bond acceptors (Lipinski definition) is 4. The molecule has 0 unspecified atom stereocenters. The standard InChI is InChI=1S/C14H17N3O4/c15-12(18)6-5-10(14(20)21)17-13(19)11-7-8-3-1-2-4-9(8)16-11/h1-4,10-11,16H,5-7H2,(H2,15,18)(H,17,19)(H,20,21)/t10-,11-/m0/s1. The molecule has 21 heavy (non-hydrogen) atoms. The van der Waals surface area contributed by atoms with E-state index in [1.165, 1.54) is 0 Å². The molecule has 1 aromatic rings. The van der Waals surface area contributed by atoms with Gasteiger partial charge >= 0.3 is 5.97 Å². The van der Waals surface area contributed by atoms with Crippen LogP contribution in [0.5, 0.6) is 0 Å². The highest BCUT2D eigenvalue weighted by atomic mass is 16.4. The van der Waals surface area contributed by atoms with Crippen LogP contribution in [0.2, 0.25) is 0 Å². The number of anilines is 1. The number of para-hydroxylation sites is 1. The molecule has 1 aromatic carbocycles. The number of rotatable bonds is 6. The van der Waals surface area contributed by atoms with Gasteiger partial charge in [0, 0.05) is 18.5 Å². The Morgan fingerprint density at radius 3 is 2.71 bits per heavy atom. The van der Waals surface area contributed by atoms with Crippen LogP contribution in [0.1, 0.15) is 18.4 Å². The number of carboxylic acids is 1. The molecule has 0 radical (unpaired) electrons. The van der Waals surface area contributed by atoms with Gasteiger partial charge < -0.3 is 21.5 Å². The van der Waals surface area contributed by atoms with E-state index >= 15 is 0 Å². The topological polar surface area (TPSA) is 122 Å². The maximum Gasteiger partial charge on any atom is 0.326 e. The predicted molar refractivity (Wildman–Crippen MR) is 75.6 cm³/mol. The zero-order valence-corrected chi connectivity index (χ0v) is 11.3. The number of carbonyl (C=O) groups is 3. The van der Waals surface area contributed by atoms with Crippen molar-refractivity contribution in [2.24, 2.45) is 5.73 Å². The molecule has 2 amide bonds. The zero-order valence-electron chi connectivity index (χ0n) is 11.3. The molecule has 0 saturated heterocycles. The van der Waals surface area contributed by atoms with Crippen LogP contribution in [0.25, 0.3) is 0 Å². The average molecular weight is 291 g/mol. The molecule has 0 bridgehead atoms. The van der Waals surface area contributed by atoms with Crippen molar-refractivity contribution < 1.29 is 19.5 Å². The summed E-state index contributed by atoms with van der Waals surface area (Å²) in [5, 5.41) is 14.6. The lowest BCUT2D eigenvalue weighted by molar-refractivity contribution is -0.142. The van der Waals surface area contributed by atoms with E-state index in [0.717, 1.165) is 11.3 Å². The molecular formula is C14H17N3O4. The van der Waals surface area contributed by atoms with Gasteiger partial charge in [-0.05, 0) is 18.1 Å². The lowest BCUT2D eigenvalue weighted by Crippen LogP contribution is -2.47. The number of primary amides is 1. The van der Waals surface area contributed by atoms with Gasteiger partial charge in [-0.3, -0.25) is 9.59 Å². The Hall–Kier alpha value is -2.57. The van der Waals surface area contributed by atoms with E-state index in [0.29, 0.717) is 6.42 Å². The van der Waals surface area contributed by atoms with Gasteiger partial charge in [0.15, 0.2) is 0 Å². The average Bonchev–Trinajstić information content (AvgIpc) is 2.86. The Labute approximate surface area is 121 Å². The number of aliphatic carboxylic acids is 1. The highest BCUT2D eigenvalue weighted by molar-refractivity contribution is 5.90. The lowest BCUT2D eigenvalue weighted by atomic mass is 10.1. The van der Waals surface area contributed by atoms with Gasteiger partial charge in [0.05, 0.1) is 0 Å². The van der Waals surface area contributed by atoms with Crippen molar-refractivity contribution in [2.45, 2.75) is 31.3 Å². The Morgan fingerprint density at radius 1 is 1.38 bits per heavy atom. The molecule has 2 atom stereocenters. The number of carboxylic acid groups (broad SMARTS) is 1. The van der Waals surface area contributed by atoms with E-state index in [9.17, 15) is 14.4 Å². The summed E-state index contributed by atoms with van der Waals surface area (Å²) in [6.45, 7) is 0. The fraction of sp³-hybridized carbons (Fsp3) is 0.357. The molecule has 5 N–H and O–H groups in total. The summed E-state index contributed by atoms with van der Waals surface area (Å²) < 4.78 is 0. The molecule has 1 aliphatic heterocycles. The summed E-state index contributed by atoms with van der Waals surface area (Å²) in [6, 6.07) is 5.91. The van der Waals surface area contributed by atoms with Crippen molar-refractivity contribution in [3.8, 4) is 0 Å². The Kier molecular flexibility index (Phi) is 4.42. The second-order valence-corrected chi connectivity index (χ2v) is 4.96. The van der Waals surface area contributed by atoms with Crippen molar-refractivity contribution in [1.29, 1.82) is 0 Å². The minimum Gasteiger partial charge on any atom is -0.480 e. The first-order valence-corrected chi connectivity index (χ1v) is 6.63. The third-order valence-electron chi connectivity index (χ3n) is 3.38. The van der Waals surface area contributed by atoms with Crippen LogP contribution in [0.3, 0.4) is 0 Å². The van der Waals surface area contributed by atoms with Crippen LogP contribution >= 0.6 is 0 Å². The Bertz CT molecular complexity index is 548. The van der Waals surface area contributed by atoms with E-state index in [4.69, 9.17) is 10.8 Å². The first kappa shape index (κ1) is 14.8. The fourth-order valence-electron chi connectivity index (χ4n) is 2.27. The summed E-state index contributed by atoms with van der Waals surface area (Å²) in [6.07, 6.45) is 0.399. The minimum atomic E-state index is -1.18. The molecule has 7 nitrogen and oxygen atoms in total. The molecule has 0 aliphatic carbocycles. The summed E-state index contributed by atoms with van der Waals surface area (Å²) in [7, 11) is 0. The molecule has 0 fully saturated rings. The molecule has 0 aromatic heterocycles. The normalized spacial score (nSPS) is 17.4. The highest BCUT2D eigenvalue weighted by Crippen LogP contribution is 2.25. The van der Waals surface area contributed by atoms with E-state index in [-0.39, 0.29) is 12.8 Å². The van der Waals surface area contributed by atoms with Gasteiger partial charge in [-0.2, -0.15) is 0 Å². The lowest BCUT2D eigenvalue weighted by Gasteiger charge is -2.17. The first-order valence-electron chi connectivity index (χ1n) is 6.63. The van der Waals surface area contributed by atoms with Crippen LogP contribution in [-0.2, 0) is 20.8 Å². The number of fused-ring (bicyclic) bond motifs is 1. The van der Waals surface area contributed by atoms with Gasteiger partial charge in [0.1, 0.15) is 12.1 Å². The third kappa shape index (κ3) is 3.71. The fourth-order valence-corrected chi connectivity index (χ4v) is 2.27. The van der Waals surface area contributed by atoms with Crippen LogP contribution in [-0.4, -0.2) is 35.0 Å². The number of benzene rings is 1. The Morgan fingerprint density at radius 2 is 2.10 bits per heavy atom. The SMILES string of the molecule is NC(=O)CC[C@H](NC(=O)[C@@H]1Cc2ccccc2N1)C(=O)O. The minimum absolute atomic E-state index is 0.0178. The summed E-state index contributed by atoms with van der Waals surface area (Å²) >= 11 is 0. The van der Waals surface area contributed by atoms with Gasteiger partial charge in [-0.25, -0.2) is 4.79 Å². The Balaban J connectivity index is 1.94. The van der Waals surface area contributed by atoms with E-state index in [1.54, 1.807) is 0 Å². The molecule has 1 aliphatic rings. The van der Waals surface area contributed by atoms with Gasteiger partial charge in [-0.15, -0.1) is 0 Å². The van der Waals surface area contributed by atoms with Crippen molar-refractivity contribution in [3.63, 3.8) is 0 Å². The van der Waals surface area contributed by atoms with E-state index in [2.05, 4.69) is 10.6 Å². The maximum absolute atomic E-state index is 12.1. The van der Waals surface area contributed by atoms with Gasteiger partial charge in [0.2, 0.25) is 11.8 Å². The summed E-state index contributed by atoms with van der Waals surface area (Å²) in [4.78, 5) is 33.9. The third-order valence-corrected chi connectivity index (χ3v) is 3.38. The molecule has 2 rings (SSSR count).